The molecule has 0 fully saturated rings. The minimum Gasteiger partial charge on any atom is -0.495 e. The van der Waals surface area contributed by atoms with Gasteiger partial charge < -0.3 is 10.1 Å². The van der Waals surface area contributed by atoms with E-state index in [0.717, 1.165) is 15.7 Å². The molecular formula is C14H12BrN3O. The molecule has 1 heterocycles. The van der Waals surface area contributed by atoms with Gasteiger partial charge in [-0.3, -0.25) is 4.98 Å². The van der Waals surface area contributed by atoms with Crippen molar-refractivity contribution in [1.29, 1.82) is 5.26 Å². The van der Waals surface area contributed by atoms with E-state index in [4.69, 9.17) is 4.74 Å². The smallest absolute Gasteiger partial charge is 0.141 e. The molecule has 0 amide bonds. The molecule has 5 heteroatoms. The summed E-state index contributed by atoms with van der Waals surface area (Å²) in [7, 11) is 1.60. The number of aromatic nitrogens is 1. The molecule has 1 aromatic heterocycles. The highest BCUT2D eigenvalue weighted by atomic mass is 79.9. The summed E-state index contributed by atoms with van der Waals surface area (Å²) in [6.07, 6.45) is 3.35. The average molecular weight is 318 g/mol. The van der Waals surface area contributed by atoms with Crippen molar-refractivity contribution in [3.8, 4) is 11.8 Å². The molecule has 2 aromatic rings. The van der Waals surface area contributed by atoms with Gasteiger partial charge in [0.05, 0.1) is 18.9 Å². The molecule has 0 aliphatic heterocycles. The zero-order valence-corrected chi connectivity index (χ0v) is 11.9. The SMILES string of the molecule is COc1ccccc1NC(C#N)c1cncc(Br)c1. The summed E-state index contributed by atoms with van der Waals surface area (Å²) in [6, 6.07) is 11.1. The van der Waals surface area contributed by atoms with E-state index >= 15 is 0 Å². The van der Waals surface area contributed by atoms with Crippen molar-refractivity contribution < 1.29 is 4.74 Å². The molecule has 2 rings (SSSR count). The number of methoxy groups -OCH3 is 1. The summed E-state index contributed by atoms with van der Waals surface area (Å²) in [5.74, 6) is 0.700. The average Bonchev–Trinajstić information content (AvgIpc) is 2.45. The first-order valence-electron chi connectivity index (χ1n) is 5.64. The molecule has 0 radical (unpaired) electrons. The zero-order chi connectivity index (χ0) is 13.7. The van der Waals surface area contributed by atoms with E-state index in [1.807, 2.05) is 30.3 Å². The Morgan fingerprint density at radius 2 is 2.16 bits per heavy atom. The van der Waals surface area contributed by atoms with Gasteiger partial charge in [-0.05, 0) is 34.1 Å². The van der Waals surface area contributed by atoms with Crippen LogP contribution in [-0.2, 0) is 0 Å². The number of para-hydroxylation sites is 2. The first kappa shape index (κ1) is 13.4. The lowest BCUT2D eigenvalue weighted by atomic mass is 10.1. The lowest BCUT2D eigenvalue weighted by Crippen LogP contribution is -2.09. The number of nitrogens with zero attached hydrogens (tertiary/aromatic N) is 2. The third kappa shape index (κ3) is 3.24. The lowest BCUT2D eigenvalue weighted by Gasteiger charge is -2.15. The van der Waals surface area contributed by atoms with Crippen molar-refractivity contribution in [2.75, 3.05) is 12.4 Å². The van der Waals surface area contributed by atoms with Gasteiger partial charge in [0, 0.05) is 22.4 Å². The summed E-state index contributed by atoms with van der Waals surface area (Å²) < 4.78 is 6.09. The molecule has 1 aromatic carbocycles. The molecule has 1 N–H and O–H groups in total. The monoisotopic (exact) mass is 317 g/mol. The summed E-state index contributed by atoms with van der Waals surface area (Å²) >= 11 is 3.35. The molecule has 0 saturated heterocycles. The first-order chi connectivity index (χ1) is 9.24. The van der Waals surface area contributed by atoms with Crippen LogP contribution in [0, 0.1) is 11.3 Å². The van der Waals surface area contributed by atoms with Gasteiger partial charge in [-0.25, -0.2) is 0 Å². The lowest BCUT2D eigenvalue weighted by molar-refractivity contribution is 0.416. The summed E-state index contributed by atoms with van der Waals surface area (Å²) in [4.78, 5) is 4.07. The van der Waals surface area contributed by atoms with Crippen molar-refractivity contribution in [2.24, 2.45) is 0 Å². The summed E-state index contributed by atoms with van der Waals surface area (Å²) in [5.41, 5.74) is 1.57. The molecular weight excluding hydrogens is 306 g/mol. The number of benzene rings is 1. The number of halogens is 1. The quantitative estimate of drug-likeness (QED) is 0.937. The van der Waals surface area contributed by atoms with Gasteiger partial charge in [-0.1, -0.05) is 12.1 Å². The van der Waals surface area contributed by atoms with Gasteiger partial charge >= 0.3 is 0 Å². The maximum absolute atomic E-state index is 9.30. The Balaban J connectivity index is 2.27. The number of pyridine rings is 1. The summed E-state index contributed by atoms with van der Waals surface area (Å²) in [5, 5.41) is 12.4. The highest BCUT2D eigenvalue weighted by molar-refractivity contribution is 9.10. The second kappa shape index (κ2) is 6.21. The van der Waals surface area contributed by atoms with Crippen molar-refractivity contribution in [3.63, 3.8) is 0 Å². The van der Waals surface area contributed by atoms with Crippen LogP contribution in [0.2, 0.25) is 0 Å². The van der Waals surface area contributed by atoms with E-state index in [1.54, 1.807) is 19.5 Å². The first-order valence-corrected chi connectivity index (χ1v) is 6.43. The number of nitrogens with one attached hydrogen (secondary N) is 1. The number of rotatable bonds is 4. The van der Waals surface area contributed by atoms with Crippen LogP contribution < -0.4 is 10.1 Å². The Hall–Kier alpha value is -2.06. The molecule has 4 nitrogen and oxygen atoms in total. The third-order valence-corrected chi connectivity index (χ3v) is 3.03. The van der Waals surface area contributed by atoms with Crippen LogP contribution in [0.5, 0.6) is 5.75 Å². The van der Waals surface area contributed by atoms with Gasteiger partial charge in [0.1, 0.15) is 11.8 Å². The predicted molar refractivity (Wildman–Crippen MR) is 76.9 cm³/mol. The molecule has 96 valence electrons. The second-order valence-electron chi connectivity index (χ2n) is 3.84. The second-order valence-corrected chi connectivity index (χ2v) is 4.76. The highest BCUT2D eigenvalue weighted by Crippen LogP contribution is 2.28. The van der Waals surface area contributed by atoms with Gasteiger partial charge in [-0.15, -0.1) is 0 Å². The molecule has 1 atom stereocenters. The number of ether oxygens (including phenoxy) is 1. The van der Waals surface area contributed by atoms with Crippen molar-refractivity contribution >= 4 is 21.6 Å². The standard InChI is InChI=1S/C14H12BrN3O/c1-19-14-5-3-2-4-12(14)18-13(7-16)10-6-11(15)9-17-8-10/h2-6,8-9,13,18H,1H3. The molecule has 0 bridgehead atoms. The fourth-order valence-electron chi connectivity index (χ4n) is 1.70. The molecule has 0 saturated carbocycles. The fraction of sp³-hybridized carbons (Fsp3) is 0.143. The number of nitriles is 1. The fourth-order valence-corrected chi connectivity index (χ4v) is 2.08. The molecule has 0 aliphatic carbocycles. The normalized spacial score (nSPS) is 11.4. The van der Waals surface area contributed by atoms with Crippen LogP contribution in [0.15, 0.2) is 47.2 Å². The highest BCUT2D eigenvalue weighted by Gasteiger charge is 2.13. The van der Waals surface area contributed by atoms with Gasteiger partial charge in [0.25, 0.3) is 0 Å². The van der Waals surface area contributed by atoms with Gasteiger partial charge in [0.15, 0.2) is 0 Å². The molecule has 0 spiro atoms. The predicted octanol–water partition coefficient (Wildman–Crippen LogP) is 3.53. The Morgan fingerprint density at radius 1 is 1.37 bits per heavy atom. The van der Waals surface area contributed by atoms with Gasteiger partial charge in [-0.2, -0.15) is 5.26 Å². The Kier molecular flexibility index (Phi) is 4.37. The largest absolute Gasteiger partial charge is 0.495 e. The van der Waals surface area contributed by atoms with E-state index in [1.165, 1.54) is 0 Å². The van der Waals surface area contributed by atoms with Crippen LogP contribution >= 0.6 is 15.9 Å². The van der Waals surface area contributed by atoms with Crippen molar-refractivity contribution in [1.82, 2.24) is 4.98 Å². The molecule has 1 unspecified atom stereocenters. The zero-order valence-electron chi connectivity index (χ0n) is 10.3. The summed E-state index contributed by atoms with van der Waals surface area (Å²) in [6.45, 7) is 0. The van der Waals surface area contributed by atoms with Crippen LogP contribution in [0.3, 0.4) is 0 Å². The number of hydrogen-bond donors (Lipinski definition) is 1. The minimum atomic E-state index is -0.485. The van der Waals surface area contributed by atoms with E-state index in [0.29, 0.717) is 5.75 Å². The van der Waals surface area contributed by atoms with Crippen LogP contribution in [-0.4, -0.2) is 12.1 Å². The minimum absolute atomic E-state index is 0.485. The topological polar surface area (TPSA) is 57.9 Å². The maximum atomic E-state index is 9.30. The Labute approximate surface area is 120 Å². The van der Waals surface area contributed by atoms with E-state index in [-0.39, 0.29) is 0 Å². The number of anilines is 1. The van der Waals surface area contributed by atoms with Crippen molar-refractivity contribution in [2.45, 2.75) is 6.04 Å². The maximum Gasteiger partial charge on any atom is 0.141 e. The number of hydrogen-bond acceptors (Lipinski definition) is 4. The Morgan fingerprint density at radius 3 is 2.84 bits per heavy atom. The van der Waals surface area contributed by atoms with Crippen LogP contribution in [0.25, 0.3) is 0 Å². The van der Waals surface area contributed by atoms with Crippen molar-refractivity contribution in [3.05, 3.63) is 52.8 Å². The van der Waals surface area contributed by atoms with E-state index in [2.05, 4.69) is 32.3 Å². The molecule has 19 heavy (non-hydrogen) atoms. The van der Waals surface area contributed by atoms with E-state index < -0.39 is 6.04 Å². The van der Waals surface area contributed by atoms with Gasteiger partial charge in [0.2, 0.25) is 0 Å². The third-order valence-electron chi connectivity index (χ3n) is 2.60. The van der Waals surface area contributed by atoms with Crippen LogP contribution in [0.1, 0.15) is 11.6 Å². The van der Waals surface area contributed by atoms with E-state index in [9.17, 15) is 5.26 Å². The molecule has 0 aliphatic rings. The Bertz CT molecular complexity index is 610. The van der Waals surface area contributed by atoms with Crippen LogP contribution in [0.4, 0.5) is 5.69 Å².